The Kier molecular flexibility index (Phi) is 7.66. The molecule has 0 bridgehead atoms. The van der Waals surface area contributed by atoms with Crippen molar-refractivity contribution < 1.29 is 39.7 Å². The normalized spacial score (nSPS) is 10.3. The summed E-state index contributed by atoms with van der Waals surface area (Å²) in [5.41, 5.74) is 0. The molecular formula is HO8P. The van der Waals surface area contributed by atoms with E-state index in [-0.39, 0.29) is 0 Å². The van der Waals surface area contributed by atoms with E-state index in [4.69, 9.17) is 5.26 Å². The summed E-state index contributed by atoms with van der Waals surface area (Å²) in [5.74, 6) is 0. The first kappa shape index (κ1) is 8.82. The Hall–Kier alpha value is -0.180. The van der Waals surface area contributed by atoms with Crippen molar-refractivity contribution in [3.63, 3.8) is 0 Å². The predicted octanol–water partition coefficient (Wildman–Crippen LogP) is 0.341. The number of rotatable bonds is 6. The second-order valence-corrected chi connectivity index (χ2v) is 0.794. The van der Waals surface area contributed by atoms with Gasteiger partial charge in [0.15, 0.2) is 0 Å². The van der Waals surface area contributed by atoms with Crippen molar-refractivity contribution in [1.29, 1.82) is 0 Å². The van der Waals surface area contributed by atoms with Crippen LogP contribution in [-0.2, 0) is 34.4 Å². The van der Waals surface area contributed by atoms with Gasteiger partial charge in [-0.15, -0.1) is 4.67 Å². The highest BCUT2D eigenvalue weighted by atomic mass is 31.1. The van der Waals surface area contributed by atoms with Crippen molar-refractivity contribution in [2.45, 2.75) is 0 Å². The van der Waals surface area contributed by atoms with Crippen molar-refractivity contribution in [1.82, 2.24) is 0 Å². The molecule has 9 heteroatoms. The molecule has 0 saturated carbocycles. The third-order valence-electron chi connectivity index (χ3n) is 0.175. The molecule has 0 saturated heterocycles. The lowest BCUT2D eigenvalue weighted by molar-refractivity contribution is -0.779. The third kappa shape index (κ3) is 7.82. The van der Waals surface area contributed by atoms with Crippen LogP contribution >= 0.6 is 8.69 Å². The van der Waals surface area contributed by atoms with E-state index in [1.54, 1.807) is 0 Å². The van der Waals surface area contributed by atoms with E-state index in [0.717, 1.165) is 0 Å². The molecule has 0 heterocycles. The summed E-state index contributed by atoms with van der Waals surface area (Å²) < 4.78 is 12.9. The van der Waals surface area contributed by atoms with Gasteiger partial charge in [-0.1, -0.05) is 0 Å². The molecule has 0 rings (SSSR count). The fourth-order valence-electron chi connectivity index (χ4n) is 0.0599. The van der Waals surface area contributed by atoms with Crippen LogP contribution in [-0.4, -0.2) is 5.26 Å². The van der Waals surface area contributed by atoms with Crippen LogP contribution in [0.5, 0.6) is 0 Å². The minimum atomic E-state index is -0.771. The maximum absolute atomic E-state index is 9.33. The van der Waals surface area contributed by atoms with E-state index >= 15 is 0 Å². The molecule has 0 spiro atoms. The summed E-state index contributed by atoms with van der Waals surface area (Å²) in [4.78, 5) is 0. The lowest BCUT2D eigenvalue weighted by atomic mass is 14.1. The number of hydrogen-bond acceptors (Lipinski definition) is 8. The zero-order valence-corrected chi connectivity index (χ0v) is 4.65. The molecular weight excluding hydrogens is 159 g/mol. The molecule has 0 aromatic carbocycles. The van der Waals surface area contributed by atoms with Crippen LogP contribution in [0.25, 0.3) is 0 Å². The molecule has 0 fully saturated rings. The topological polar surface area (TPSA) is 92.7 Å². The average Bonchev–Trinajstić information content (AvgIpc) is 1.89. The Labute approximate surface area is 49.6 Å². The summed E-state index contributed by atoms with van der Waals surface area (Å²) in [6, 6.07) is 0. The summed E-state index contributed by atoms with van der Waals surface area (Å²) in [7, 11) is -0.771. The first-order valence-corrected chi connectivity index (χ1v) is 2.11. The minimum absolute atomic E-state index is 0.771. The molecule has 0 aromatic heterocycles. The van der Waals surface area contributed by atoms with Crippen molar-refractivity contribution >= 4 is 8.69 Å². The van der Waals surface area contributed by atoms with Crippen molar-refractivity contribution in [2.75, 3.05) is 0 Å². The second-order valence-electron chi connectivity index (χ2n) is 0.496. The van der Waals surface area contributed by atoms with Gasteiger partial charge < -0.3 is 0 Å². The van der Waals surface area contributed by atoms with Gasteiger partial charge in [-0.2, -0.15) is 0 Å². The summed E-state index contributed by atoms with van der Waals surface area (Å²) in [6.07, 6.45) is 0. The van der Waals surface area contributed by atoms with Crippen molar-refractivity contribution in [2.24, 2.45) is 0 Å². The van der Waals surface area contributed by atoms with Gasteiger partial charge in [0.2, 0.25) is 0 Å². The fourth-order valence-corrected chi connectivity index (χ4v) is 0.110. The first-order valence-electron chi connectivity index (χ1n) is 1.38. The minimum Gasteiger partial charge on any atom is -0.238 e. The Balaban J connectivity index is 2.66. The SMILES string of the molecule is O=POOOOOOO. The molecule has 0 unspecified atom stereocenters. The van der Waals surface area contributed by atoms with Crippen LogP contribution in [0.4, 0.5) is 0 Å². The third-order valence-corrected chi connectivity index (χ3v) is 0.296. The Morgan fingerprint density at radius 2 is 1.78 bits per heavy atom. The van der Waals surface area contributed by atoms with E-state index in [9.17, 15) is 4.57 Å². The first-order chi connectivity index (χ1) is 4.41. The van der Waals surface area contributed by atoms with Crippen LogP contribution in [0.1, 0.15) is 0 Å². The number of hydrogen-bond donors (Lipinski definition) is 1. The van der Waals surface area contributed by atoms with E-state index in [1.807, 2.05) is 0 Å². The van der Waals surface area contributed by atoms with Crippen LogP contribution in [0.15, 0.2) is 0 Å². The van der Waals surface area contributed by atoms with Gasteiger partial charge in [0.25, 0.3) is 0 Å². The van der Waals surface area contributed by atoms with Gasteiger partial charge in [-0.3, -0.25) is 0 Å². The molecule has 0 aromatic rings. The van der Waals surface area contributed by atoms with Gasteiger partial charge >= 0.3 is 8.69 Å². The Morgan fingerprint density at radius 1 is 1.11 bits per heavy atom. The molecule has 0 atom stereocenters. The maximum atomic E-state index is 9.33. The van der Waals surface area contributed by atoms with Crippen LogP contribution in [0, 0.1) is 0 Å². The highest BCUT2D eigenvalue weighted by Gasteiger charge is 1.89. The van der Waals surface area contributed by atoms with Crippen LogP contribution < -0.4 is 0 Å². The smallest absolute Gasteiger partial charge is 0.238 e. The van der Waals surface area contributed by atoms with Gasteiger partial charge in [0.05, 0.1) is 0 Å². The monoisotopic (exact) mass is 160 g/mol. The van der Waals surface area contributed by atoms with Gasteiger partial charge in [-0.25, -0.2) is 9.82 Å². The molecule has 0 aliphatic heterocycles. The predicted molar refractivity (Wildman–Crippen MR) is 16.7 cm³/mol. The molecule has 0 aliphatic carbocycles. The molecule has 0 amide bonds. The van der Waals surface area contributed by atoms with Crippen LogP contribution in [0.2, 0.25) is 0 Å². The fraction of sp³-hybridized carbons (Fsp3) is 0. The largest absolute Gasteiger partial charge is 0.361 e. The standard InChI is InChI=1S/HO8P/c1-3-4-5-6-7-8-9-2/h1H. The van der Waals surface area contributed by atoms with Crippen molar-refractivity contribution in [3.05, 3.63) is 0 Å². The highest BCUT2D eigenvalue weighted by molar-refractivity contribution is 7.17. The average molecular weight is 160 g/mol. The van der Waals surface area contributed by atoms with E-state index in [1.165, 1.54) is 0 Å². The molecule has 54 valence electrons. The zero-order valence-electron chi connectivity index (χ0n) is 3.75. The lowest BCUT2D eigenvalue weighted by Gasteiger charge is -1.90. The van der Waals surface area contributed by atoms with Crippen LogP contribution in [0.3, 0.4) is 0 Å². The Bertz CT molecular complexity index is 59.6. The zero-order chi connectivity index (χ0) is 6.95. The molecule has 0 aliphatic rings. The van der Waals surface area contributed by atoms with E-state index < -0.39 is 8.69 Å². The maximum Gasteiger partial charge on any atom is 0.361 e. The van der Waals surface area contributed by atoms with Crippen molar-refractivity contribution in [3.8, 4) is 0 Å². The molecule has 8 nitrogen and oxygen atoms in total. The molecule has 9 heavy (non-hydrogen) atoms. The quantitative estimate of drug-likeness (QED) is 0.257. The second kappa shape index (κ2) is 7.82. The molecule has 0 radical (unpaired) electrons. The van der Waals surface area contributed by atoms with Gasteiger partial charge in [-0.05, 0) is 25.2 Å². The lowest BCUT2D eigenvalue weighted by Crippen LogP contribution is -1.94. The Morgan fingerprint density at radius 3 is 2.33 bits per heavy atom. The summed E-state index contributed by atoms with van der Waals surface area (Å²) in [5, 5.41) is 23.5. The van der Waals surface area contributed by atoms with Gasteiger partial charge in [0, 0.05) is 0 Å². The van der Waals surface area contributed by atoms with E-state index in [2.05, 4.69) is 29.9 Å². The highest BCUT2D eigenvalue weighted by Crippen LogP contribution is 1.95. The van der Waals surface area contributed by atoms with Gasteiger partial charge in [0.1, 0.15) is 0 Å². The van der Waals surface area contributed by atoms with E-state index in [0.29, 0.717) is 0 Å². The summed E-state index contributed by atoms with van der Waals surface area (Å²) in [6.45, 7) is 0. The summed E-state index contributed by atoms with van der Waals surface area (Å²) >= 11 is 0. The molecule has 1 N–H and O–H groups in total.